The molecule has 0 aromatic rings. The summed E-state index contributed by atoms with van der Waals surface area (Å²) in [6.07, 6.45) is 0.133. The van der Waals surface area contributed by atoms with Crippen molar-refractivity contribution >= 4 is 12.0 Å². The molecule has 2 amide bonds. The van der Waals surface area contributed by atoms with Gasteiger partial charge in [-0.2, -0.15) is 0 Å². The Balaban J connectivity index is 4.13. The zero-order chi connectivity index (χ0) is 15.2. The summed E-state index contributed by atoms with van der Waals surface area (Å²) in [5.74, 6) is -0.139. The summed E-state index contributed by atoms with van der Waals surface area (Å²) in [5.41, 5.74) is -0.509. The van der Waals surface area contributed by atoms with Gasteiger partial charge in [0.05, 0.1) is 0 Å². The molecule has 0 heterocycles. The third-order valence-corrected chi connectivity index (χ3v) is 2.35. The Bertz CT molecular complexity index is 308. The van der Waals surface area contributed by atoms with Crippen LogP contribution < -0.4 is 10.6 Å². The van der Waals surface area contributed by atoms with Crippen LogP contribution in [0.3, 0.4) is 0 Å². The highest BCUT2D eigenvalue weighted by atomic mass is 16.6. The maximum absolute atomic E-state index is 11.7. The second-order valence-electron chi connectivity index (χ2n) is 6.35. The number of carbonyl (C=O) groups is 2. The minimum Gasteiger partial charge on any atom is -0.444 e. The summed E-state index contributed by atoms with van der Waals surface area (Å²) in [6, 6.07) is 0.0202. The molecule has 0 rings (SSSR count). The van der Waals surface area contributed by atoms with Gasteiger partial charge in [-0.25, -0.2) is 4.79 Å². The van der Waals surface area contributed by atoms with Crippen LogP contribution in [0.5, 0.6) is 0 Å². The molecule has 0 aromatic heterocycles. The van der Waals surface area contributed by atoms with Crippen molar-refractivity contribution in [3.8, 4) is 0 Å². The van der Waals surface area contributed by atoms with Crippen LogP contribution in [0, 0.1) is 5.92 Å². The maximum Gasteiger partial charge on any atom is 0.407 e. The van der Waals surface area contributed by atoms with Crippen LogP contribution in [-0.4, -0.2) is 29.7 Å². The van der Waals surface area contributed by atoms with E-state index in [-0.39, 0.29) is 23.9 Å². The second kappa shape index (κ2) is 7.36. The molecule has 0 saturated heterocycles. The van der Waals surface area contributed by atoms with Gasteiger partial charge in [-0.15, -0.1) is 0 Å². The Morgan fingerprint density at radius 2 is 1.58 bits per heavy atom. The number of alkyl carbamates (subject to hydrolysis) is 1. The fourth-order valence-electron chi connectivity index (χ4n) is 1.63. The van der Waals surface area contributed by atoms with Crippen molar-refractivity contribution in [1.82, 2.24) is 10.6 Å². The first-order chi connectivity index (χ1) is 8.51. The number of amides is 2. The van der Waals surface area contributed by atoms with Crippen molar-refractivity contribution in [2.75, 3.05) is 0 Å². The van der Waals surface area contributed by atoms with Crippen LogP contribution in [0.15, 0.2) is 0 Å². The zero-order valence-electron chi connectivity index (χ0n) is 13.2. The Morgan fingerprint density at radius 3 is 2.00 bits per heavy atom. The molecular formula is C14H28N2O3. The predicted molar refractivity (Wildman–Crippen MR) is 75.9 cm³/mol. The lowest BCUT2D eigenvalue weighted by molar-refractivity contribution is -0.125. The predicted octanol–water partition coefficient (Wildman–Crippen LogP) is 2.45. The van der Waals surface area contributed by atoms with E-state index in [1.807, 2.05) is 48.5 Å². The summed E-state index contributed by atoms with van der Waals surface area (Å²) in [7, 11) is 0. The lowest BCUT2D eigenvalue weighted by Crippen LogP contribution is -2.41. The van der Waals surface area contributed by atoms with Crippen molar-refractivity contribution < 1.29 is 14.3 Å². The highest BCUT2D eigenvalue weighted by Crippen LogP contribution is 2.09. The average Bonchev–Trinajstić information content (AvgIpc) is 2.11. The van der Waals surface area contributed by atoms with Gasteiger partial charge in [0, 0.05) is 18.0 Å². The third-order valence-electron chi connectivity index (χ3n) is 2.35. The topological polar surface area (TPSA) is 67.4 Å². The molecule has 0 aromatic carbocycles. The molecule has 19 heavy (non-hydrogen) atoms. The van der Waals surface area contributed by atoms with E-state index in [0.29, 0.717) is 6.42 Å². The molecule has 0 unspecified atom stereocenters. The summed E-state index contributed by atoms with van der Waals surface area (Å²) in [4.78, 5) is 23.3. The van der Waals surface area contributed by atoms with Crippen LogP contribution in [0.1, 0.15) is 54.9 Å². The first kappa shape index (κ1) is 17.7. The minimum absolute atomic E-state index is 0.00726. The Hall–Kier alpha value is -1.26. The molecule has 0 spiro atoms. The number of hydrogen-bond acceptors (Lipinski definition) is 3. The quantitative estimate of drug-likeness (QED) is 0.808. The standard InChI is InChI=1S/C14H28N2O3/c1-9(2)15-12(17)10(3)8-11(4)16-13(18)19-14(5,6)7/h9-11H,8H2,1-7H3,(H,15,17)(H,16,18)/t10-,11-/m0/s1. The molecule has 0 radical (unpaired) electrons. The first-order valence-corrected chi connectivity index (χ1v) is 6.81. The summed E-state index contributed by atoms with van der Waals surface area (Å²) in [5, 5.41) is 5.59. The highest BCUT2D eigenvalue weighted by Gasteiger charge is 2.21. The van der Waals surface area contributed by atoms with E-state index in [1.54, 1.807) is 0 Å². The van der Waals surface area contributed by atoms with E-state index in [9.17, 15) is 9.59 Å². The minimum atomic E-state index is -0.509. The largest absolute Gasteiger partial charge is 0.444 e. The second-order valence-corrected chi connectivity index (χ2v) is 6.35. The van der Waals surface area contributed by atoms with Crippen LogP contribution in [-0.2, 0) is 9.53 Å². The Morgan fingerprint density at radius 1 is 1.05 bits per heavy atom. The molecule has 0 aliphatic rings. The van der Waals surface area contributed by atoms with Crippen molar-refractivity contribution in [1.29, 1.82) is 0 Å². The van der Waals surface area contributed by atoms with Crippen molar-refractivity contribution in [2.45, 2.75) is 72.6 Å². The molecule has 0 aliphatic carbocycles. The van der Waals surface area contributed by atoms with Gasteiger partial charge in [0.25, 0.3) is 0 Å². The fourth-order valence-corrected chi connectivity index (χ4v) is 1.63. The highest BCUT2D eigenvalue weighted by molar-refractivity contribution is 5.78. The number of rotatable bonds is 5. The van der Waals surface area contributed by atoms with Crippen LogP contribution in [0.4, 0.5) is 4.79 Å². The zero-order valence-corrected chi connectivity index (χ0v) is 13.2. The Kier molecular flexibility index (Phi) is 6.87. The summed E-state index contributed by atoms with van der Waals surface area (Å²) < 4.78 is 5.16. The maximum atomic E-state index is 11.7. The molecule has 5 nitrogen and oxygen atoms in total. The van der Waals surface area contributed by atoms with Crippen LogP contribution in [0.25, 0.3) is 0 Å². The molecule has 112 valence electrons. The molecular weight excluding hydrogens is 244 g/mol. The lowest BCUT2D eigenvalue weighted by Gasteiger charge is -2.23. The van der Waals surface area contributed by atoms with Crippen molar-refractivity contribution in [2.24, 2.45) is 5.92 Å². The molecule has 0 aliphatic heterocycles. The van der Waals surface area contributed by atoms with Gasteiger partial charge in [-0.1, -0.05) is 6.92 Å². The smallest absolute Gasteiger partial charge is 0.407 e. The monoisotopic (exact) mass is 272 g/mol. The molecule has 2 atom stereocenters. The van der Waals surface area contributed by atoms with E-state index >= 15 is 0 Å². The van der Waals surface area contributed by atoms with Gasteiger partial charge in [0.2, 0.25) is 5.91 Å². The fraction of sp³-hybridized carbons (Fsp3) is 0.857. The normalized spacial score (nSPS) is 14.7. The van der Waals surface area contributed by atoms with Gasteiger partial charge in [0.1, 0.15) is 5.60 Å². The van der Waals surface area contributed by atoms with E-state index in [2.05, 4.69) is 10.6 Å². The number of carbonyl (C=O) groups excluding carboxylic acids is 2. The van der Waals surface area contributed by atoms with Gasteiger partial charge in [-0.3, -0.25) is 4.79 Å². The van der Waals surface area contributed by atoms with E-state index in [0.717, 1.165) is 0 Å². The lowest BCUT2D eigenvalue weighted by atomic mass is 10.0. The summed E-state index contributed by atoms with van der Waals surface area (Å²) >= 11 is 0. The number of hydrogen-bond donors (Lipinski definition) is 2. The molecule has 0 saturated carbocycles. The summed E-state index contributed by atoms with van der Waals surface area (Å²) in [6.45, 7) is 13.0. The van der Waals surface area contributed by atoms with Crippen LogP contribution in [0.2, 0.25) is 0 Å². The first-order valence-electron chi connectivity index (χ1n) is 6.81. The average molecular weight is 272 g/mol. The van der Waals surface area contributed by atoms with Crippen molar-refractivity contribution in [3.63, 3.8) is 0 Å². The number of nitrogens with one attached hydrogen (secondary N) is 2. The molecule has 2 N–H and O–H groups in total. The molecule has 0 fully saturated rings. The van der Waals surface area contributed by atoms with Crippen molar-refractivity contribution in [3.05, 3.63) is 0 Å². The molecule has 5 heteroatoms. The van der Waals surface area contributed by atoms with E-state index < -0.39 is 11.7 Å². The molecule has 0 bridgehead atoms. The van der Waals surface area contributed by atoms with Gasteiger partial charge < -0.3 is 15.4 Å². The van der Waals surface area contributed by atoms with Crippen LogP contribution >= 0.6 is 0 Å². The SMILES string of the molecule is CC(C)NC(=O)[C@@H](C)C[C@H](C)NC(=O)OC(C)(C)C. The van der Waals surface area contributed by atoms with E-state index in [1.165, 1.54) is 0 Å². The van der Waals surface area contributed by atoms with Gasteiger partial charge in [0.15, 0.2) is 0 Å². The number of ether oxygens (including phenoxy) is 1. The third kappa shape index (κ3) is 9.33. The van der Waals surface area contributed by atoms with Gasteiger partial charge >= 0.3 is 6.09 Å². The van der Waals surface area contributed by atoms with Gasteiger partial charge in [-0.05, 0) is 48.0 Å². The van der Waals surface area contributed by atoms with E-state index in [4.69, 9.17) is 4.74 Å². The Labute approximate surface area is 116 Å².